The Labute approximate surface area is 108 Å². The number of ether oxygens (including phenoxy) is 1. The Balaban J connectivity index is 1.95. The van der Waals surface area contributed by atoms with Crippen molar-refractivity contribution in [1.82, 2.24) is 0 Å². The number of aryl methyl sites for hydroxylation is 2. The molecule has 1 aromatic carbocycles. The lowest BCUT2D eigenvalue weighted by Crippen LogP contribution is -2.31. The topological polar surface area (TPSA) is 38.3 Å². The fourth-order valence-corrected chi connectivity index (χ4v) is 3.49. The second-order valence-electron chi connectivity index (χ2n) is 5.49. The zero-order chi connectivity index (χ0) is 12.9. The quantitative estimate of drug-likeness (QED) is 0.773. The van der Waals surface area contributed by atoms with Crippen molar-refractivity contribution in [3.8, 4) is 0 Å². The molecule has 18 heavy (non-hydrogen) atoms. The monoisotopic (exact) mass is 245 g/mol. The van der Waals surface area contributed by atoms with Crippen molar-refractivity contribution < 1.29 is 9.53 Å². The van der Waals surface area contributed by atoms with E-state index in [4.69, 9.17) is 4.74 Å². The van der Waals surface area contributed by atoms with Gasteiger partial charge in [-0.2, -0.15) is 0 Å². The predicted molar refractivity (Wildman–Crippen MR) is 70.9 cm³/mol. The van der Waals surface area contributed by atoms with Gasteiger partial charge >= 0.3 is 5.97 Å². The van der Waals surface area contributed by atoms with Gasteiger partial charge in [0, 0.05) is 18.5 Å². The Morgan fingerprint density at radius 1 is 1.28 bits per heavy atom. The maximum absolute atomic E-state index is 11.1. The molecule has 0 amide bonds. The second-order valence-corrected chi connectivity index (χ2v) is 5.49. The fraction of sp³-hybridized carbons (Fsp3) is 0.533. The van der Waals surface area contributed by atoms with E-state index in [0.29, 0.717) is 5.92 Å². The highest BCUT2D eigenvalue weighted by molar-refractivity contribution is 5.69. The number of carbonyl (C=O) groups excluding carboxylic acids is 1. The minimum Gasteiger partial charge on any atom is -0.460 e. The first-order valence-electron chi connectivity index (χ1n) is 6.62. The first-order chi connectivity index (χ1) is 8.58. The number of esters is 1. The summed E-state index contributed by atoms with van der Waals surface area (Å²) < 4.78 is 5.43. The summed E-state index contributed by atoms with van der Waals surface area (Å²) >= 11 is 0. The molecule has 0 aromatic heterocycles. The van der Waals surface area contributed by atoms with Crippen molar-refractivity contribution in [3.05, 3.63) is 28.8 Å². The van der Waals surface area contributed by atoms with Gasteiger partial charge in [0.2, 0.25) is 0 Å². The molecular weight excluding hydrogens is 226 g/mol. The Morgan fingerprint density at radius 2 is 2.00 bits per heavy atom. The van der Waals surface area contributed by atoms with Crippen molar-refractivity contribution in [2.75, 3.05) is 5.32 Å². The molecule has 1 saturated carbocycles. The first kappa shape index (κ1) is 11.6. The van der Waals surface area contributed by atoms with E-state index in [1.54, 1.807) is 0 Å². The average Bonchev–Trinajstić information content (AvgIpc) is 2.84. The fourth-order valence-electron chi connectivity index (χ4n) is 3.49. The number of hydrogen-bond donors (Lipinski definition) is 1. The molecule has 0 spiro atoms. The summed E-state index contributed by atoms with van der Waals surface area (Å²) in [6.07, 6.45) is 2.10. The summed E-state index contributed by atoms with van der Waals surface area (Å²) in [6, 6.07) is 4.61. The van der Waals surface area contributed by atoms with Gasteiger partial charge in [0.1, 0.15) is 6.10 Å². The van der Waals surface area contributed by atoms with Gasteiger partial charge in [0.05, 0.1) is 6.04 Å². The lowest BCUT2D eigenvalue weighted by Gasteiger charge is -2.19. The molecule has 3 nitrogen and oxygen atoms in total. The molecule has 2 aliphatic rings. The molecule has 96 valence electrons. The minimum absolute atomic E-state index is 0.0266. The molecule has 1 aliphatic carbocycles. The normalized spacial score (nSPS) is 28.5. The average molecular weight is 245 g/mol. The highest BCUT2D eigenvalue weighted by Crippen LogP contribution is 2.48. The number of nitrogens with one attached hydrogen (secondary N) is 1. The van der Waals surface area contributed by atoms with E-state index in [1.165, 1.54) is 29.3 Å². The van der Waals surface area contributed by atoms with Crippen LogP contribution in [-0.4, -0.2) is 18.1 Å². The van der Waals surface area contributed by atoms with Gasteiger partial charge in [0.15, 0.2) is 0 Å². The van der Waals surface area contributed by atoms with Gasteiger partial charge < -0.3 is 10.1 Å². The minimum atomic E-state index is -0.174. The predicted octanol–water partition coefficient (Wildman–Crippen LogP) is 2.91. The molecule has 1 aliphatic heterocycles. The number of carbonyl (C=O) groups is 1. The number of hydrogen-bond acceptors (Lipinski definition) is 3. The standard InChI is InChI=1S/C15H19NO2/c1-8-4-5-9(2)14-13(8)11-6-7-12(15(11)16-14)18-10(3)17/h4-5,11-12,15-16H,6-7H2,1-3H3/t11-,12-,15+/m0/s1. The SMILES string of the molecule is CC(=O)O[C@H]1CC[C@H]2c3c(C)ccc(C)c3N[C@@H]12. The summed E-state index contributed by atoms with van der Waals surface area (Å²) in [5.41, 5.74) is 5.34. The van der Waals surface area contributed by atoms with E-state index in [-0.39, 0.29) is 18.1 Å². The Kier molecular flexibility index (Phi) is 2.58. The lowest BCUT2D eigenvalue weighted by molar-refractivity contribution is -0.146. The number of benzene rings is 1. The van der Waals surface area contributed by atoms with Gasteiger partial charge in [-0.05, 0) is 43.4 Å². The largest absolute Gasteiger partial charge is 0.460 e. The van der Waals surface area contributed by atoms with Gasteiger partial charge in [-0.25, -0.2) is 0 Å². The van der Waals surface area contributed by atoms with Crippen LogP contribution in [0.25, 0.3) is 0 Å². The van der Waals surface area contributed by atoms with Gasteiger partial charge in [-0.3, -0.25) is 4.79 Å². The molecule has 1 aromatic rings. The van der Waals surface area contributed by atoms with E-state index in [2.05, 4.69) is 31.3 Å². The van der Waals surface area contributed by atoms with Crippen molar-refractivity contribution >= 4 is 11.7 Å². The van der Waals surface area contributed by atoms with Crippen LogP contribution in [0.3, 0.4) is 0 Å². The van der Waals surface area contributed by atoms with E-state index in [0.717, 1.165) is 12.8 Å². The number of fused-ring (bicyclic) bond motifs is 3. The molecule has 0 saturated heterocycles. The van der Waals surface area contributed by atoms with E-state index >= 15 is 0 Å². The van der Waals surface area contributed by atoms with Crippen LogP contribution in [0.4, 0.5) is 5.69 Å². The molecule has 1 heterocycles. The molecule has 3 heteroatoms. The van der Waals surface area contributed by atoms with Crippen molar-refractivity contribution in [2.45, 2.75) is 51.7 Å². The van der Waals surface area contributed by atoms with Gasteiger partial charge in [0.25, 0.3) is 0 Å². The summed E-state index contributed by atoms with van der Waals surface area (Å²) in [6.45, 7) is 5.79. The summed E-state index contributed by atoms with van der Waals surface area (Å²) in [5.74, 6) is 0.330. The maximum atomic E-state index is 11.1. The zero-order valence-corrected chi connectivity index (χ0v) is 11.1. The zero-order valence-electron chi connectivity index (χ0n) is 11.1. The van der Waals surface area contributed by atoms with E-state index < -0.39 is 0 Å². The molecule has 3 rings (SSSR count). The molecular formula is C15H19NO2. The third-order valence-corrected chi connectivity index (χ3v) is 4.27. The van der Waals surface area contributed by atoms with E-state index in [1.807, 2.05) is 0 Å². The van der Waals surface area contributed by atoms with Gasteiger partial charge in [-0.1, -0.05) is 12.1 Å². The third-order valence-electron chi connectivity index (χ3n) is 4.27. The smallest absolute Gasteiger partial charge is 0.302 e. The molecule has 0 bridgehead atoms. The Hall–Kier alpha value is -1.51. The van der Waals surface area contributed by atoms with Crippen LogP contribution in [0.15, 0.2) is 12.1 Å². The van der Waals surface area contributed by atoms with Gasteiger partial charge in [-0.15, -0.1) is 0 Å². The summed E-state index contributed by atoms with van der Waals surface area (Å²) in [5, 5.41) is 3.58. The van der Waals surface area contributed by atoms with Crippen molar-refractivity contribution in [3.63, 3.8) is 0 Å². The van der Waals surface area contributed by atoms with Crippen LogP contribution in [0, 0.1) is 13.8 Å². The Bertz CT molecular complexity index is 509. The maximum Gasteiger partial charge on any atom is 0.302 e. The third kappa shape index (κ3) is 1.61. The van der Waals surface area contributed by atoms with Crippen LogP contribution in [0.1, 0.15) is 42.4 Å². The van der Waals surface area contributed by atoms with Crippen LogP contribution < -0.4 is 5.32 Å². The van der Waals surface area contributed by atoms with E-state index in [9.17, 15) is 4.79 Å². The molecule has 0 unspecified atom stereocenters. The highest BCUT2D eigenvalue weighted by atomic mass is 16.5. The van der Waals surface area contributed by atoms with Crippen LogP contribution >= 0.6 is 0 Å². The Morgan fingerprint density at radius 3 is 2.72 bits per heavy atom. The van der Waals surface area contributed by atoms with Crippen LogP contribution in [0.5, 0.6) is 0 Å². The second kappa shape index (κ2) is 4.01. The highest BCUT2D eigenvalue weighted by Gasteiger charge is 2.45. The number of rotatable bonds is 1. The van der Waals surface area contributed by atoms with Crippen LogP contribution in [0.2, 0.25) is 0 Å². The van der Waals surface area contributed by atoms with Crippen molar-refractivity contribution in [1.29, 1.82) is 0 Å². The van der Waals surface area contributed by atoms with Crippen molar-refractivity contribution in [2.24, 2.45) is 0 Å². The molecule has 1 fully saturated rings. The lowest BCUT2D eigenvalue weighted by atomic mass is 9.92. The number of anilines is 1. The molecule has 0 radical (unpaired) electrons. The first-order valence-corrected chi connectivity index (χ1v) is 6.62. The van der Waals surface area contributed by atoms with Crippen LogP contribution in [-0.2, 0) is 9.53 Å². The summed E-state index contributed by atoms with van der Waals surface area (Å²) in [7, 11) is 0. The summed E-state index contributed by atoms with van der Waals surface area (Å²) in [4.78, 5) is 11.1. The molecule has 3 atom stereocenters. The molecule has 1 N–H and O–H groups in total.